The summed E-state index contributed by atoms with van der Waals surface area (Å²) in [6.45, 7) is 13.5. The average Bonchev–Trinajstić information content (AvgIpc) is 3.27. The molecule has 2 heterocycles. The van der Waals surface area contributed by atoms with Crippen molar-refractivity contribution in [1.82, 2.24) is 9.78 Å². The summed E-state index contributed by atoms with van der Waals surface area (Å²) in [5, 5.41) is 51.7. The number of rotatable bonds is 5. The van der Waals surface area contributed by atoms with Gasteiger partial charge in [0.2, 0.25) is 0 Å². The predicted molar refractivity (Wildman–Crippen MR) is 151 cm³/mol. The minimum atomic E-state index is -2.06. The zero-order valence-electron chi connectivity index (χ0n) is 25.1. The van der Waals surface area contributed by atoms with Gasteiger partial charge in [-0.05, 0) is 80.3 Å². The van der Waals surface area contributed by atoms with Crippen molar-refractivity contribution in [1.29, 1.82) is 0 Å². The summed E-state index contributed by atoms with van der Waals surface area (Å²) in [5.74, 6) is -0.265. The molecule has 0 amide bonds. The summed E-state index contributed by atoms with van der Waals surface area (Å²) in [6, 6.07) is 0. The molecule has 1 aromatic heterocycles. The number of ether oxygens (including phenoxy) is 2. The molecular weight excluding hydrogens is 524 g/mol. The van der Waals surface area contributed by atoms with E-state index in [0.29, 0.717) is 40.9 Å². The third-order valence-corrected chi connectivity index (χ3v) is 11.7. The van der Waals surface area contributed by atoms with E-state index < -0.39 is 41.9 Å². The number of aliphatic hydroxyl groups is 4. The van der Waals surface area contributed by atoms with Gasteiger partial charge in [-0.2, -0.15) is 5.10 Å². The number of carbonyl (C=O) groups excluding carboxylic acids is 1. The van der Waals surface area contributed by atoms with Gasteiger partial charge in [0.1, 0.15) is 17.3 Å². The van der Waals surface area contributed by atoms with E-state index in [4.69, 9.17) is 9.47 Å². The van der Waals surface area contributed by atoms with E-state index in [9.17, 15) is 25.2 Å². The molecule has 9 atom stereocenters. The molecule has 4 N–H and O–H groups in total. The van der Waals surface area contributed by atoms with Crippen molar-refractivity contribution in [3.63, 3.8) is 0 Å². The van der Waals surface area contributed by atoms with E-state index >= 15 is 0 Å². The largest absolute Gasteiger partial charge is 0.451 e. The quantitative estimate of drug-likeness (QED) is 0.314. The molecule has 0 aromatic carbocycles. The maximum Gasteiger partial charge on any atom is 0.342 e. The first-order chi connectivity index (χ1) is 19.3. The number of nitrogens with zero attached hydrogens (tertiary/aromatic N) is 2. The van der Waals surface area contributed by atoms with E-state index in [2.05, 4.69) is 18.9 Å². The highest BCUT2D eigenvalue weighted by Gasteiger charge is 2.76. The molecule has 4 aliphatic carbocycles. The monoisotopic (exact) mass is 570 g/mol. The van der Waals surface area contributed by atoms with Gasteiger partial charge < -0.3 is 29.9 Å². The van der Waals surface area contributed by atoms with Crippen molar-refractivity contribution in [2.45, 2.75) is 91.3 Å². The Kier molecular flexibility index (Phi) is 6.90. The molecule has 2 bridgehead atoms. The molecule has 1 aromatic rings. The molecule has 226 valence electrons. The van der Waals surface area contributed by atoms with Gasteiger partial charge in [-0.25, -0.2) is 4.79 Å². The lowest BCUT2D eigenvalue weighted by Crippen LogP contribution is -2.66. The number of aromatic nitrogens is 2. The van der Waals surface area contributed by atoms with E-state index in [-0.39, 0.29) is 28.7 Å². The predicted octanol–water partition coefficient (Wildman–Crippen LogP) is 2.71. The molecule has 1 unspecified atom stereocenters. The van der Waals surface area contributed by atoms with E-state index in [1.807, 2.05) is 24.6 Å². The van der Waals surface area contributed by atoms with Gasteiger partial charge in [0.15, 0.2) is 6.10 Å². The van der Waals surface area contributed by atoms with Crippen molar-refractivity contribution in [3.05, 3.63) is 40.2 Å². The third kappa shape index (κ3) is 3.92. The standard InChI is InChI=1S/C32H46N2O7/c1-16-13-31-17(2)11-23-25(30(23,5)6)22(27(31)37)12-21(15-35)26(36)32(31,39)28(16)41-29(38)24-18(3)33-34(19(24)4)14-20-7-9-40-10-8-20/h12-13,17,20,22-23,25-28,35-37,39H,7-11,14-15H2,1-6H3/t17-,22+,23-,25+,26-,27?,28+,31+,32+/m1/s1. The van der Waals surface area contributed by atoms with Crippen LogP contribution < -0.4 is 0 Å². The molecule has 3 fully saturated rings. The second-order valence-electron chi connectivity index (χ2n) is 14.1. The van der Waals surface area contributed by atoms with Crippen LogP contribution in [-0.4, -0.2) is 79.9 Å². The van der Waals surface area contributed by atoms with Gasteiger partial charge >= 0.3 is 5.97 Å². The van der Waals surface area contributed by atoms with Gasteiger partial charge in [0.05, 0.1) is 29.5 Å². The maximum atomic E-state index is 13.9. The van der Waals surface area contributed by atoms with Crippen LogP contribution in [0.2, 0.25) is 0 Å². The van der Waals surface area contributed by atoms with Gasteiger partial charge in [0.25, 0.3) is 0 Å². The van der Waals surface area contributed by atoms with Gasteiger partial charge in [0, 0.05) is 25.7 Å². The van der Waals surface area contributed by atoms with Crippen LogP contribution in [0.3, 0.4) is 0 Å². The number of esters is 1. The van der Waals surface area contributed by atoms with Crippen LogP contribution in [0, 0.1) is 54.3 Å². The van der Waals surface area contributed by atoms with Crippen LogP contribution in [0.5, 0.6) is 0 Å². The first kappa shape index (κ1) is 29.1. The highest BCUT2D eigenvalue weighted by atomic mass is 16.6. The smallest absolute Gasteiger partial charge is 0.342 e. The number of aliphatic hydroxyl groups excluding tert-OH is 3. The van der Waals surface area contributed by atoms with Crippen molar-refractivity contribution in [2.24, 2.45) is 40.4 Å². The highest BCUT2D eigenvalue weighted by molar-refractivity contribution is 5.92. The number of carbonyl (C=O) groups is 1. The van der Waals surface area contributed by atoms with Crippen LogP contribution in [0.25, 0.3) is 0 Å². The van der Waals surface area contributed by atoms with E-state index in [1.54, 1.807) is 19.9 Å². The molecule has 0 radical (unpaired) electrons. The summed E-state index contributed by atoms with van der Waals surface area (Å²) < 4.78 is 13.5. The summed E-state index contributed by atoms with van der Waals surface area (Å²) >= 11 is 0. The molecule has 2 saturated carbocycles. The van der Waals surface area contributed by atoms with Crippen LogP contribution in [0.4, 0.5) is 0 Å². The van der Waals surface area contributed by atoms with Crippen LogP contribution in [0.15, 0.2) is 23.3 Å². The minimum absolute atomic E-state index is 0.00901. The fraction of sp³-hybridized carbons (Fsp3) is 0.750. The Bertz CT molecular complexity index is 1290. The molecule has 1 saturated heterocycles. The topological polar surface area (TPSA) is 134 Å². The lowest BCUT2D eigenvalue weighted by molar-refractivity contribution is -0.215. The normalized spacial score (nSPS) is 41.5. The van der Waals surface area contributed by atoms with Gasteiger partial charge in [-0.15, -0.1) is 0 Å². The third-order valence-electron chi connectivity index (χ3n) is 11.7. The Morgan fingerprint density at radius 1 is 1.20 bits per heavy atom. The maximum absolute atomic E-state index is 13.9. The summed E-state index contributed by atoms with van der Waals surface area (Å²) in [5.41, 5.74) is -0.874. The first-order valence-corrected chi connectivity index (χ1v) is 15.2. The van der Waals surface area contributed by atoms with Crippen molar-refractivity contribution < 1.29 is 34.7 Å². The molecule has 1 aliphatic heterocycles. The first-order valence-electron chi connectivity index (χ1n) is 15.2. The Morgan fingerprint density at radius 2 is 1.88 bits per heavy atom. The van der Waals surface area contributed by atoms with Crippen molar-refractivity contribution >= 4 is 5.97 Å². The molecule has 41 heavy (non-hydrogen) atoms. The zero-order chi connectivity index (χ0) is 29.6. The highest BCUT2D eigenvalue weighted by Crippen LogP contribution is 2.72. The number of hydrogen-bond acceptors (Lipinski definition) is 8. The molecule has 9 heteroatoms. The lowest BCUT2D eigenvalue weighted by atomic mass is 9.58. The Labute approximate surface area is 242 Å². The second-order valence-corrected chi connectivity index (χ2v) is 14.1. The fourth-order valence-electron chi connectivity index (χ4n) is 9.41. The van der Waals surface area contributed by atoms with Crippen molar-refractivity contribution in [2.75, 3.05) is 19.8 Å². The summed E-state index contributed by atoms with van der Waals surface area (Å²) in [6.07, 6.45) is 2.53. The Hall–Kier alpha value is -2.04. The molecule has 5 aliphatic rings. The summed E-state index contributed by atoms with van der Waals surface area (Å²) in [4.78, 5) is 13.9. The van der Waals surface area contributed by atoms with Crippen LogP contribution in [0.1, 0.15) is 68.7 Å². The fourth-order valence-corrected chi connectivity index (χ4v) is 9.41. The van der Waals surface area contributed by atoms with Gasteiger partial charge in [-0.1, -0.05) is 32.9 Å². The van der Waals surface area contributed by atoms with E-state index in [0.717, 1.165) is 32.5 Å². The van der Waals surface area contributed by atoms with Crippen LogP contribution in [-0.2, 0) is 16.0 Å². The number of hydrogen-bond donors (Lipinski definition) is 4. The summed E-state index contributed by atoms with van der Waals surface area (Å²) in [7, 11) is 0. The lowest BCUT2D eigenvalue weighted by Gasteiger charge is -2.52. The van der Waals surface area contributed by atoms with Crippen molar-refractivity contribution in [3.8, 4) is 0 Å². The Morgan fingerprint density at radius 3 is 2.54 bits per heavy atom. The second kappa shape index (κ2) is 9.74. The van der Waals surface area contributed by atoms with Crippen LogP contribution >= 0.6 is 0 Å². The number of fused-ring (bicyclic) bond motifs is 3. The molecule has 6 rings (SSSR count). The SMILES string of the molecule is CC1=C[C@]23C(O)[C@@H](C=C(CO)[C@@H](O)[C@]2(O)[C@H]1OC(=O)c1c(C)nn(CC2CCOCC2)c1C)[C@H]1[C@@H](C[C@H]3C)C1(C)C. The molecule has 9 nitrogen and oxygen atoms in total. The van der Waals surface area contributed by atoms with E-state index in [1.165, 1.54) is 0 Å². The minimum Gasteiger partial charge on any atom is -0.451 e. The molecular formula is C32H46N2O7. The van der Waals surface area contributed by atoms with Gasteiger partial charge in [-0.3, -0.25) is 4.68 Å². The number of aryl methyl sites for hydroxylation is 1. The zero-order valence-corrected chi connectivity index (χ0v) is 25.1. The average molecular weight is 571 g/mol. The molecule has 1 spiro atoms. The Balaban J connectivity index is 1.36.